The van der Waals surface area contributed by atoms with Crippen molar-refractivity contribution in [2.45, 2.75) is 44.6 Å². The number of anilines is 1. The zero-order valence-electron chi connectivity index (χ0n) is 16.5. The maximum Gasteiger partial charge on any atom is 0.178 e. The van der Waals surface area contributed by atoms with Crippen LogP contribution in [-0.4, -0.2) is 69.9 Å². The van der Waals surface area contributed by atoms with Crippen LogP contribution in [0, 0.1) is 5.92 Å². The molecule has 4 rings (SSSR count). The maximum atomic E-state index is 10.5. The Morgan fingerprint density at radius 1 is 1.30 bits per heavy atom. The summed E-state index contributed by atoms with van der Waals surface area (Å²) in [7, 11) is 0. The van der Waals surface area contributed by atoms with Crippen LogP contribution in [0.4, 0.5) is 5.82 Å². The first-order chi connectivity index (χ1) is 12.8. The van der Waals surface area contributed by atoms with Crippen molar-refractivity contribution in [3.8, 4) is 0 Å². The molecule has 0 aromatic carbocycles. The van der Waals surface area contributed by atoms with Crippen LogP contribution in [-0.2, 0) is 10.2 Å². The topological polar surface area (TPSA) is 87.8 Å². The predicted octanol–water partition coefficient (Wildman–Crippen LogP) is 0.989. The number of hydrogen-bond donors (Lipinski definition) is 2. The summed E-state index contributed by atoms with van der Waals surface area (Å²) in [6, 6.07) is 4.00. The van der Waals surface area contributed by atoms with Gasteiger partial charge in [-0.05, 0) is 25.0 Å². The summed E-state index contributed by atoms with van der Waals surface area (Å²) >= 11 is 0. The average molecular weight is 374 g/mol. The third-order valence-electron chi connectivity index (χ3n) is 5.39. The van der Waals surface area contributed by atoms with E-state index in [4.69, 9.17) is 9.84 Å². The zero-order valence-corrected chi connectivity index (χ0v) is 16.5. The Morgan fingerprint density at radius 2 is 2.11 bits per heavy atom. The molecule has 0 amide bonds. The molecule has 2 N–H and O–H groups in total. The number of rotatable bonds is 5. The lowest BCUT2D eigenvalue weighted by atomic mass is 9.95. The van der Waals surface area contributed by atoms with E-state index in [0.29, 0.717) is 19.1 Å². The fourth-order valence-electron chi connectivity index (χ4n) is 3.79. The third-order valence-corrected chi connectivity index (χ3v) is 5.39. The molecule has 8 nitrogen and oxygen atoms in total. The third kappa shape index (κ3) is 3.93. The van der Waals surface area contributed by atoms with Crippen LogP contribution in [0.2, 0.25) is 0 Å². The van der Waals surface area contributed by atoms with Crippen molar-refractivity contribution >= 4 is 11.5 Å². The van der Waals surface area contributed by atoms with Gasteiger partial charge in [0.15, 0.2) is 11.5 Å². The molecule has 8 heteroatoms. The van der Waals surface area contributed by atoms with Crippen molar-refractivity contribution < 1.29 is 9.84 Å². The first-order valence-electron chi connectivity index (χ1n) is 9.83. The standard InChI is InChI=1S/C19H30N6O2/c1-18(2,3)17-22-21-15-5-6-16(23-25(15)17)24-10-14(11-24)9-20-12-19(26)7-4-8-27-13-19/h5-6,14,20,26H,4,7-13H2,1-3H3. The Kier molecular flexibility index (Phi) is 4.82. The predicted molar refractivity (Wildman–Crippen MR) is 103 cm³/mol. The summed E-state index contributed by atoms with van der Waals surface area (Å²) in [5.74, 6) is 2.41. The van der Waals surface area contributed by atoms with E-state index < -0.39 is 5.60 Å². The van der Waals surface area contributed by atoms with Gasteiger partial charge >= 0.3 is 0 Å². The molecule has 0 spiro atoms. The van der Waals surface area contributed by atoms with Gasteiger partial charge in [-0.15, -0.1) is 15.3 Å². The van der Waals surface area contributed by atoms with Gasteiger partial charge in [0, 0.05) is 44.1 Å². The lowest BCUT2D eigenvalue weighted by Crippen LogP contribution is -2.54. The van der Waals surface area contributed by atoms with Crippen molar-refractivity contribution in [2.75, 3.05) is 44.3 Å². The molecular weight excluding hydrogens is 344 g/mol. The van der Waals surface area contributed by atoms with E-state index in [2.05, 4.69) is 41.2 Å². The molecule has 0 aliphatic carbocycles. The van der Waals surface area contributed by atoms with Gasteiger partial charge in [-0.3, -0.25) is 0 Å². The highest BCUT2D eigenvalue weighted by Crippen LogP contribution is 2.25. The molecule has 2 aromatic heterocycles. The smallest absolute Gasteiger partial charge is 0.178 e. The molecule has 27 heavy (non-hydrogen) atoms. The fraction of sp³-hybridized carbons (Fsp3) is 0.737. The van der Waals surface area contributed by atoms with Crippen LogP contribution in [0.15, 0.2) is 12.1 Å². The quantitative estimate of drug-likeness (QED) is 0.807. The van der Waals surface area contributed by atoms with Crippen molar-refractivity contribution in [1.82, 2.24) is 25.1 Å². The summed E-state index contributed by atoms with van der Waals surface area (Å²) in [4.78, 5) is 2.27. The Labute approximate surface area is 159 Å². The Balaban J connectivity index is 1.31. The second-order valence-corrected chi connectivity index (χ2v) is 9.02. The lowest BCUT2D eigenvalue weighted by Gasteiger charge is -2.41. The second kappa shape index (κ2) is 7.00. The van der Waals surface area contributed by atoms with Gasteiger partial charge in [-0.1, -0.05) is 20.8 Å². The SMILES string of the molecule is CC(C)(C)c1nnc2ccc(N3CC(CNCC4(O)CCCOC4)C3)nn12. The van der Waals surface area contributed by atoms with Crippen LogP contribution < -0.4 is 10.2 Å². The summed E-state index contributed by atoms with van der Waals surface area (Å²) < 4.78 is 7.26. The monoisotopic (exact) mass is 374 g/mol. The number of ether oxygens (including phenoxy) is 1. The molecule has 1 unspecified atom stereocenters. The minimum Gasteiger partial charge on any atom is -0.386 e. The molecule has 1 atom stereocenters. The summed E-state index contributed by atoms with van der Waals surface area (Å²) in [5.41, 5.74) is -0.0212. The van der Waals surface area contributed by atoms with Gasteiger partial charge in [0.05, 0.1) is 6.61 Å². The maximum absolute atomic E-state index is 10.5. The van der Waals surface area contributed by atoms with E-state index >= 15 is 0 Å². The van der Waals surface area contributed by atoms with Crippen LogP contribution in [0.25, 0.3) is 5.65 Å². The van der Waals surface area contributed by atoms with Crippen molar-refractivity contribution in [3.05, 3.63) is 18.0 Å². The van der Waals surface area contributed by atoms with E-state index in [9.17, 15) is 5.11 Å². The zero-order chi connectivity index (χ0) is 19.1. The van der Waals surface area contributed by atoms with Gasteiger partial charge in [0.1, 0.15) is 11.4 Å². The average Bonchev–Trinajstić information content (AvgIpc) is 3.01. The molecule has 0 bridgehead atoms. The Morgan fingerprint density at radius 3 is 2.81 bits per heavy atom. The van der Waals surface area contributed by atoms with E-state index in [1.807, 2.05) is 16.6 Å². The van der Waals surface area contributed by atoms with Crippen LogP contribution >= 0.6 is 0 Å². The lowest BCUT2D eigenvalue weighted by molar-refractivity contribution is -0.0835. The highest BCUT2D eigenvalue weighted by molar-refractivity contribution is 5.47. The van der Waals surface area contributed by atoms with Gasteiger partial charge in [0.25, 0.3) is 0 Å². The molecule has 2 saturated heterocycles. The number of nitrogens with one attached hydrogen (secondary N) is 1. The van der Waals surface area contributed by atoms with E-state index in [0.717, 1.165) is 56.4 Å². The first kappa shape index (κ1) is 18.6. The molecule has 0 radical (unpaired) electrons. The fourth-order valence-corrected chi connectivity index (χ4v) is 3.79. The van der Waals surface area contributed by atoms with Crippen LogP contribution in [0.5, 0.6) is 0 Å². The number of hydrogen-bond acceptors (Lipinski definition) is 7. The van der Waals surface area contributed by atoms with E-state index in [1.54, 1.807) is 0 Å². The van der Waals surface area contributed by atoms with Gasteiger partial charge in [-0.25, -0.2) is 0 Å². The number of aromatic nitrogens is 4. The molecule has 2 aliphatic rings. The largest absolute Gasteiger partial charge is 0.386 e. The van der Waals surface area contributed by atoms with Gasteiger partial charge in [0.2, 0.25) is 0 Å². The summed E-state index contributed by atoms with van der Waals surface area (Å²) in [6.07, 6.45) is 1.75. The molecule has 148 valence electrons. The Bertz CT molecular complexity index is 787. The number of fused-ring (bicyclic) bond motifs is 1. The molecular formula is C19H30N6O2. The minimum absolute atomic E-state index is 0.102. The molecule has 0 saturated carbocycles. The highest BCUT2D eigenvalue weighted by Gasteiger charge is 2.32. The van der Waals surface area contributed by atoms with Crippen LogP contribution in [0.1, 0.15) is 39.4 Å². The van der Waals surface area contributed by atoms with Crippen molar-refractivity contribution in [3.63, 3.8) is 0 Å². The van der Waals surface area contributed by atoms with E-state index in [1.165, 1.54) is 0 Å². The first-order valence-corrected chi connectivity index (χ1v) is 9.83. The van der Waals surface area contributed by atoms with Crippen molar-refractivity contribution in [1.29, 1.82) is 0 Å². The van der Waals surface area contributed by atoms with Gasteiger partial charge in [-0.2, -0.15) is 4.52 Å². The normalized spacial score (nSPS) is 24.4. The van der Waals surface area contributed by atoms with Crippen LogP contribution in [0.3, 0.4) is 0 Å². The Hall–Kier alpha value is -1.77. The molecule has 2 aliphatic heterocycles. The summed E-state index contributed by atoms with van der Waals surface area (Å²) in [5, 5.41) is 27.2. The second-order valence-electron chi connectivity index (χ2n) is 9.02. The van der Waals surface area contributed by atoms with Crippen molar-refractivity contribution in [2.24, 2.45) is 5.92 Å². The number of aliphatic hydroxyl groups is 1. The highest BCUT2D eigenvalue weighted by atomic mass is 16.5. The van der Waals surface area contributed by atoms with Gasteiger partial charge < -0.3 is 20.1 Å². The molecule has 2 fully saturated rings. The number of nitrogens with zero attached hydrogens (tertiary/aromatic N) is 5. The van der Waals surface area contributed by atoms with E-state index in [-0.39, 0.29) is 5.41 Å². The molecule has 2 aromatic rings. The summed E-state index contributed by atoms with van der Waals surface area (Å²) in [6.45, 7) is 11.0. The minimum atomic E-state index is -0.702. The molecule has 4 heterocycles.